The number of thiophene rings is 1. The first-order valence-corrected chi connectivity index (χ1v) is 6.76. The van der Waals surface area contributed by atoms with E-state index in [1.165, 1.54) is 4.88 Å². The van der Waals surface area contributed by atoms with Crippen LogP contribution in [0.15, 0.2) is 22.1 Å². The molecular formula is C10H14BrN5S. The Morgan fingerprint density at radius 2 is 2.41 bits per heavy atom. The maximum Gasteiger partial charge on any atom is 0.126 e. The van der Waals surface area contributed by atoms with Crippen LogP contribution in [0.5, 0.6) is 0 Å². The van der Waals surface area contributed by atoms with Gasteiger partial charge in [0.2, 0.25) is 0 Å². The van der Waals surface area contributed by atoms with E-state index in [2.05, 4.69) is 26.5 Å². The molecule has 0 aliphatic rings. The van der Waals surface area contributed by atoms with Crippen LogP contribution >= 0.6 is 27.3 Å². The van der Waals surface area contributed by atoms with E-state index in [0.29, 0.717) is 5.82 Å². The number of rotatable bonds is 4. The smallest absolute Gasteiger partial charge is 0.126 e. The number of anilines is 1. The molecule has 0 spiro atoms. The van der Waals surface area contributed by atoms with Gasteiger partial charge in [-0.3, -0.25) is 16.0 Å². The van der Waals surface area contributed by atoms with E-state index in [0.717, 1.165) is 16.5 Å². The SMILES string of the molecule is Cn1ncc(C(Cc2sccc2Br)NN)c1N. The van der Waals surface area contributed by atoms with E-state index in [1.807, 2.05) is 18.5 Å². The molecule has 0 saturated heterocycles. The zero-order chi connectivity index (χ0) is 12.4. The molecule has 0 bridgehead atoms. The van der Waals surface area contributed by atoms with E-state index in [-0.39, 0.29) is 6.04 Å². The highest BCUT2D eigenvalue weighted by Gasteiger charge is 2.18. The lowest BCUT2D eigenvalue weighted by molar-refractivity contribution is 0.556. The van der Waals surface area contributed by atoms with Crippen molar-refractivity contribution in [2.24, 2.45) is 12.9 Å². The van der Waals surface area contributed by atoms with Crippen molar-refractivity contribution in [3.8, 4) is 0 Å². The lowest BCUT2D eigenvalue weighted by Gasteiger charge is -2.14. The van der Waals surface area contributed by atoms with Gasteiger partial charge in [0.25, 0.3) is 0 Å². The van der Waals surface area contributed by atoms with Crippen molar-refractivity contribution in [3.63, 3.8) is 0 Å². The number of nitrogens with one attached hydrogen (secondary N) is 1. The zero-order valence-corrected chi connectivity index (χ0v) is 11.8. The van der Waals surface area contributed by atoms with Crippen LogP contribution < -0.4 is 17.0 Å². The number of nitrogen functional groups attached to an aromatic ring is 1. The number of aryl methyl sites for hydroxylation is 1. The van der Waals surface area contributed by atoms with Gasteiger partial charge in [0.05, 0.1) is 12.2 Å². The molecule has 7 heteroatoms. The highest BCUT2D eigenvalue weighted by Crippen LogP contribution is 2.29. The van der Waals surface area contributed by atoms with Gasteiger partial charge in [0.1, 0.15) is 5.82 Å². The third-order valence-electron chi connectivity index (χ3n) is 2.67. The average molecular weight is 316 g/mol. The fraction of sp³-hybridized carbons (Fsp3) is 0.300. The minimum Gasteiger partial charge on any atom is -0.384 e. The molecule has 0 fully saturated rings. The summed E-state index contributed by atoms with van der Waals surface area (Å²) in [5.74, 6) is 6.24. The van der Waals surface area contributed by atoms with Crippen molar-refractivity contribution >= 4 is 33.1 Å². The molecule has 2 rings (SSSR count). The Labute approximate surface area is 112 Å². The summed E-state index contributed by atoms with van der Waals surface area (Å²) >= 11 is 5.20. The van der Waals surface area contributed by atoms with Crippen molar-refractivity contribution in [2.45, 2.75) is 12.5 Å². The zero-order valence-electron chi connectivity index (χ0n) is 9.35. The second-order valence-corrected chi connectivity index (χ2v) is 5.58. The second kappa shape index (κ2) is 5.18. The highest BCUT2D eigenvalue weighted by atomic mass is 79.9. The lowest BCUT2D eigenvalue weighted by atomic mass is 10.1. The Bertz CT molecular complexity index is 507. The van der Waals surface area contributed by atoms with Crippen LogP contribution in [0.25, 0.3) is 0 Å². The summed E-state index contributed by atoms with van der Waals surface area (Å²) in [6.45, 7) is 0. The second-order valence-electron chi connectivity index (χ2n) is 3.72. The molecule has 1 atom stereocenters. The summed E-state index contributed by atoms with van der Waals surface area (Å²) in [5, 5.41) is 6.17. The van der Waals surface area contributed by atoms with Gasteiger partial charge in [-0.2, -0.15) is 5.10 Å². The van der Waals surface area contributed by atoms with E-state index < -0.39 is 0 Å². The minimum atomic E-state index is -0.0290. The number of hydrogen-bond donors (Lipinski definition) is 3. The Hall–Kier alpha value is -0.890. The standard InChI is InChI=1S/C10H14BrN5S/c1-16-10(12)6(5-14-16)8(15-13)4-9-7(11)2-3-17-9/h2-3,5,8,15H,4,12-13H2,1H3. The van der Waals surface area contributed by atoms with Crippen LogP contribution in [0.1, 0.15) is 16.5 Å². The largest absolute Gasteiger partial charge is 0.384 e. The molecule has 0 aromatic carbocycles. The number of hydrazine groups is 1. The predicted molar refractivity (Wildman–Crippen MR) is 73.4 cm³/mol. The molecule has 5 nitrogen and oxygen atoms in total. The van der Waals surface area contributed by atoms with Crippen LogP contribution in [0.3, 0.4) is 0 Å². The van der Waals surface area contributed by atoms with Crippen LogP contribution in [0, 0.1) is 0 Å². The molecule has 2 heterocycles. The third-order valence-corrected chi connectivity index (χ3v) is 4.62. The summed E-state index contributed by atoms with van der Waals surface area (Å²) < 4.78 is 2.74. The van der Waals surface area contributed by atoms with E-state index in [4.69, 9.17) is 11.6 Å². The molecule has 0 radical (unpaired) electrons. The van der Waals surface area contributed by atoms with E-state index >= 15 is 0 Å². The normalized spacial score (nSPS) is 12.9. The van der Waals surface area contributed by atoms with Crippen molar-refractivity contribution in [3.05, 3.63) is 32.6 Å². The predicted octanol–water partition coefficient (Wildman–Crippen LogP) is 1.57. The molecule has 1 unspecified atom stereocenters. The van der Waals surface area contributed by atoms with Gasteiger partial charge < -0.3 is 5.73 Å². The van der Waals surface area contributed by atoms with Gasteiger partial charge in [-0.25, -0.2) is 0 Å². The summed E-state index contributed by atoms with van der Waals surface area (Å²) in [6, 6.07) is 2.00. The Morgan fingerprint density at radius 3 is 2.88 bits per heavy atom. The van der Waals surface area contributed by atoms with Crippen molar-refractivity contribution in [2.75, 3.05) is 5.73 Å². The summed E-state index contributed by atoms with van der Waals surface area (Å²) in [4.78, 5) is 1.23. The van der Waals surface area contributed by atoms with Gasteiger partial charge in [0, 0.05) is 28.4 Å². The topological polar surface area (TPSA) is 81.9 Å². The Kier molecular flexibility index (Phi) is 3.82. The van der Waals surface area contributed by atoms with Gasteiger partial charge in [-0.05, 0) is 27.4 Å². The van der Waals surface area contributed by atoms with Crippen LogP contribution in [0.4, 0.5) is 5.82 Å². The number of halogens is 1. The maximum absolute atomic E-state index is 5.94. The summed E-state index contributed by atoms with van der Waals surface area (Å²) in [5.41, 5.74) is 9.66. The van der Waals surface area contributed by atoms with Gasteiger partial charge in [0.15, 0.2) is 0 Å². The van der Waals surface area contributed by atoms with Crippen molar-refractivity contribution in [1.29, 1.82) is 0 Å². The van der Waals surface area contributed by atoms with Gasteiger partial charge >= 0.3 is 0 Å². The maximum atomic E-state index is 5.94. The fourth-order valence-electron chi connectivity index (χ4n) is 1.65. The van der Waals surface area contributed by atoms with Crippen molar-refractivity contribution < 1.29 is 0 Å². The Morgan fingerprint density at radius 1 is 1.65 bits per heavy atom. The van der Waals surface area contributed by atoms with Gasteiger partial charge in [-0.15, -0.1) is 11.3 Å². The van der Waals surface area contributed by atoms with E-state index in [1.54, 1.807) is 22.2 Å². The first-order chi connectivity index (χ1) is 8.13. The molecule has 0 aliphatic heterocycles. The molecule has 0 aliphatic carbocycles. The highest BCUT2D eigenvalue weighted by molar-refractivity contribution is 9.10. The van der Waals surface area contributed by atoms with Crippen LogP contribution in [0.2, 0.25) is 0 Å². The minimum absolute atomic E-state index is 0.0290. The third kappa shape index (κ3) is 2.52. The van der Waals surface area contributed by atoms with Crippen LogP contribution in [-0.4, -0.2) is 9.78 Å². The molecule has 0 amide bonds. The molecule has 2 aromatic heterocycles. The molecule has 2 aromatic rings. The summed E-state index contributed by atoms with van der Waals surface area (Å²) in [7, 11) is 1.81. The first kappa shape index (κ1) is 12.6. The van der Waals surface area contributed by atoms with Gasteiger partial charge in [-0.1, -0.05) is 0 Å². The molecule has 92 valence electrons. The monoisotopic (exact) mass is 315 g/mol. The molecule has 5 N–H and O–H groups in total. The Balaban J connectivity index is 2.23. The quantitative estimate of drug-likeness (QED) is 0.591. The molecule has 17 heavy (non-hydrogen) atoms. The van der Waals surface area contributed by atoms with E-state index in [9.17, 15) is 0 Å². The number of hydrogen-bond acceptors (Lipinski definition) is 5. The van der Waals surface area contributed by atoms with Crippen LogP contribution in [-0.2, 0) is 13.5 Å². The fourth-order valence-corrected chi connectivity index (χ4v) is 3.21. The average Bonchev–Trinajstić information content (AvgIpc) is 2.85. The number of aromatic nitrogens is 2. The number of nitrogens with zero attached hydrogens (tertiary/aromatic N) is 2. The lowest BCUT2D eigenvalue weighted by Crippen LogP contribution is -2.29. The molecular weight excluding hydrogens is 302 g/mol. The molecule has 0 saturated carbocycles. The number of nitrogens with two attached hydrogens (primary N) is 2. The first-order valence-electron chi connectivity index (χ1n) is 5.09. The van der Waals surface area contributed by atoms with Crippen molar-refractivity contribution in [1.82, 2.24) is 15.2 Å². The summed E-state index contributed by atoms with van der Waals surface area (Å²) in [6.07, 6.45) is 2.53.